The van der Waals surface area contributed by atoms with Crippen molar-refractivity contribution in [2.75, 3.05) is 13.1 Å². The average molecular weight is 226 g/mol. The minimum Gasteiger partial charge on any atom is -0.392 e. The van der Waals surface area contributed by atoms with Gasteiger partial charge in [0.15, 0.2) is 0 Å². The van der Waals surface area contributed by atoms with Gasteiger partial charge in [-0.2, -0.15) is 0 Å². The van der Waals surface area contributed by atoms with Gasteiger partial charge < -0.3 is 5.11 Å². The molecule has 0 bridgehead atoms. The topological polar surface area (TPSA) is 36.4 Å². The van der Waals surface area contributed by atoms with Gasteiger partial charge in [-0.15, -0.1) is 11.3 Å². The third-order valence-electron chi connectivity index (χ3n) is 3.05. The zero-order valence-corrected chi connectivity index (χ0v) is 10.1. The molecule has 3 nitrogen and oxygen atoms in total. The van der Waals surface area contributed by atoms with Crippen LogP contribution in [0.3, 0.4) is 0 Å². The molecule has 15 heavy (non-hydrogen) atoms. The smallest absolute Gasteiger partial charge is 0.0897 e. The Morgan fingerprint density at radius 1 is 1.67 bits per heavy atom. The number of likely N-dealkylation sites (tertiary alicyclic amines) is 1. The van der Waals surface area contributed by atoms with Crippen molar-refractivity contribution in [3.05, 3.63) is 16.1 Å². The van der Waals surface area contributed by atoms with Crippen molar-refractivity contribution >= 4 is 11.3 Å². The molecular weight excluding hydrogens is 208 g/mol. The SMILES string of the molecule is Cc1ncc(CN2CCC(C)C(O)C2)s1. The predicted molar refractivity (Wildman–Crippen MR) is 61.9 cm³/mol. The van der Waals surface area contributed by atoms with Gasteiger partial charge in [0.25, 0.3) is 0 Å². The summed E-state index contributed by atoms with van der Waals surface area (Å²) in [6.07, 6.45) is 2.89. The molecule has 2 atom stereocenters. The predicted octanol–water partition coefficient (Wildman–Crippen LogP) is 1.65. The van der Waals surface area contributed by atoms with Gasteiger partial charge in [0.2, 0.25) is 0 Å². The summed E-state index contributed by atoms with van der Waals surface area (Å²) in [7, 11) is 0. The van der Waals surface area contributed by atoms with Crippen molar-refractivity contribution in [2.24, 2.45) is 5.92 Å². The summed E-state index contributed by atoms with van der Waals surface area (Å²) >= 11 is 1.75. The Balaban J connectivity index is 1.90. The van der Waals surface area contributed by atoms with Crippen molar-refractivity contribution in [2.45, 2.75) is 32.9 Å². The maximum absolute atomic E-state index is 9.78. The number of piperidine rings is 1. The number of hydrogen-bond donors (Lipinski definition) is 1. The van der Waals surface area contributed by atoms with Gasteiger partial charge in [-0.05, 0) is 25.8 Å². The van der Waals surface area contributed by atoms with Crippen LogP contribution in [0.4, 0.5) is 0 Å². The first-order valence-corrected chi connectivity index (χ1v) is 6.28. The normalized spacial score (nSPS) is 28.2. The Kier molecular flexibility index (Phi) is 3.38. The molecular formula is C11H18N2OS. The Hall–Kier alpha value is -0.450. The molecule has 0 saturated carbocycles. The zero-order valence-electron chi connectivity index (χ0n) is 9.31. The molecule has 1 aromatic heterocycles. The van der Waals surface area contributed by atoms with Gasteiger partial charge >= 0.3 is 0 Å². The van der Waals surface area contributed by atoms with E-state index in [9.17, 15) is 5.11 Å². The standard InChI is InChI=1S/C11H18N2OS/c1-8-3-4-13(7-11(8)14)6-10-5-12-9(2)15-10/h5,8,11,14H,3-4,6-7H2,1-2H3. The number of aromatic nitrogens is 1. The van der Waals surface area contributed by atoms with Crippen LogP contribution in [0.5, 0.6) is 0 Å². The summed E-state index contributed by atoms with van der Waals surface area (Å²) in [4.78, 5) is 7.86. The van der Waals surface area contributed by atoms with Crippen molar-refractivity contribution < 1.29 is 5.11 Å². The number of aryl methyl sites for hydroxylation is 1. The fraction of sp³-hybridized carbons (Fsp3) is 0.727. The molecule has 0 radical (unpaired) electrons. The van der Waals surface area contributed by atoms with E-state index in [4.69, 9.17) is 0 Å². The summed E-state index contributed by atoms with van der Waals surface area (Å²) in [6.45, 7) is 6.99. The van der Waals surface area contributed by atoms with Crippen LogP contribution in [0.1, 0.15) is 23.2 Å². The Morgan fingerprint density at radius 2 is 2.47 bits per heavy atom. The molecule has 0 amide bonds. The largest absolute Gasteiger partial charge is 0.392 e. The molecule has 2 unspecified atom stereocenters. The highest BCUT2D eigenvalue weighted by molar-refractivity contribution is 7.11. The van der Waals surface area contributed by atoms with Gasteiger partial charge in [0.1, 0.15) is 0 Å². The lowest BCUT2D eigenvalue weighted by atomic mass is 9.96. The third kappa shape index (κ3) is 2.77. The highest BCUT2D eigenvalue weighted by Gasteiger charge is 2.24. The fourth-order valence-electron chi connectivity index (χ4n) is 1.96. The molecule has 1 aromatic rings. The van der Waals surface area contributed by atoms with Crippen LogP contribution < -0.4 is 0 Å². The Bertz CT molecular complexity index is 326. The van der Waals surface area contributed by atoms with Gasteiger partial charge in [-0.3, -0.25) is 4.90 Å². The summed E-state index contributed by atoms with van der Waals surface area (Å²) in [5, 5.41) is 10.9. The Morgan fingerprint density at radius 3 is 3.07 bits per heavy atom. The quantitative estimate of drug-likeness (QED) is 0.833. The first kappa shape index (κ1) is 11.0. The summed E-state index contributed by atoms with van der Waals surface area (Å²) < 4.78 is 0. The highest BCUT2D eigenvalue weighted by Crippen LogP contribution is 2.20. The highest BCUT2D eigenvalue weighted by atomic mass is 32.1. The van der Waals surface area contributed by atoms with Crippen LogP contribution in [0.15, 0.2) is 6.20 Å². The van der Waals surface area contributed by atoms with E-state index in [1.807, 2.05) is 13.1 Å². The number of hydrogen-bond acceptors (Lipinski definition) is 4. The van der Waals surface area contributed by atoms with Crippen LogP contribution in [0.25, 0.3) is 0 Å². The monoisotopic (exact) mass is 226 g/mol. The van der Waals surface area contributed by atoms with E-state index in [0.29, 0.717) is 5.92 Å². The molecule has 1 fully saturated rings. The summed E-state index contributed by atoms with van der Waals surface area (Å²) in [5.41, 5.74) is 0. The molecule has 1 saturated heterocycles. The lowest BCUT2D eigenvalue weighted by molar-refractivity contribution is 0.0263. The second-order valence-corrected chi connectivity index (χ2v) is 5.73. The van der Waals surface area contributed by atoms with E-state index in [1.54, 1.807) is 11.3 Å². The molecule has 2 rings (SSSR count). The molecule has 0 spiro atoms. The summed E-state index contributed by atoms with van der Waals surface area (Å²) in [5.74, 6) is 0.449. The van der Waals surface area contributed by atoms with E-state index in [1.165, 1.54) is 4.88 Å². The van der Waals surface area contributed by atoms with E-state index in [2.05, 4.69) is 16.8 Å². The number of aliphatic hydroxyl groups excluding tert-OH is 1. The van der Waals surface area contributed by atoms with Crippen molar-refractivity contribution in [1.29, 1.82) is 0 Å². The van der Waals surface area contributed by atoms with Gasteiger partial charge in [-0.25, -0.2) is 4.98 Å². The van der Waals surface area contributed by atoms with E-state index in [-0.39, 0.29) is 6.10 Å². The first-order chi connectivity index (χ1) is 7.15. The molecule has 84 valence electrons. The molecule has 1 N–H and O–H groups in total. The lowest BCUT2D eigenvalue weighted by Crippen LogP contribution is -2.42. The van der Waals surface area contributed by atoms with Crippen LogP contribution in [0.2, 0.25) is 0 Å². The van der Waals surface area contributed by atoms with Crippen molar-refractivity contribution in [3.8, 4) is 0 Å². The van der Waals surface area contributed by atoms with Crippen LogP contribution >= 0.6 is 11.3 Å². The maximum Gasteiger partial charge on any atom is 0.0897 e. The van der Waals surface area contributed by atoms with Gasteiger partial charge in [-0.1, -0.05) is 6.92 Å². The van der Waals surface area contributed by atoms with Crippen molar-refractivity contribution in [3.63, 3.8) is 0 Å². The zero-order chi connectivity index (χ0) is 10.8. The lowest BCUT2D eigenvalue weighted by Gasteiger charge is -2.33. The molecule has 1 aliphatic rings. The van der Waals surface area contributed by atoms with E-state index in [0.717, 1.165) is 31.1 Å². The molecule has 0 aliphatic carbocycles. The number of nitrogens with zero attached hydrogens (tertiary/aromatic N) is 2. The van der Waals surface area contributed by atoms with Crippen LogP contribution in [-0.2, 0) is 6.54 Å². The molecule has 1 aliphatic heterocycles. The van der Waals surface area contributed by atoms with E-state index < -0.39 is 0 Å². The first-order valence-electron chi connectivity index (χ1n) is 5.47. The average Bonchev–Trinajstić information content (AvgIpc) is 2.58. The number of aliphatic hydroxyl groups is 1. The second-order valence-electron chi connectivity index (χ2n) is 4.41. The van der Waals surface area contributed by atoms with E-state index >= 15 is 0 Å². The van der Waals surface area contributed by atoms with Gasteiger partial charge in [0, 0.05) is 24.2 Å². The van der Waals surface area contributed by atoms with Crippen LogP contribution in [0, 0.1) is 12.8 Å². The molecule has 4 heteroatoms. The second kappa shape index (κ2) is 4.60. The number of rotatable bonds is 2. The molecule has 2 heterocycles. The minimum atomic E-state index is -0.159. The molecule has 0 aromatic carbocycles. The number of β-amino-alcohol motifs (C(OH)–C–C–N with tert-alkyl or cyclic N) is 1. The Labute approximate surface area is 94.8 Å². The van der Waals surface area contributed by atoms with Crippen molar-refractivity contribution in [1.82, 2.24) is 9.88 Å². The fourth-order valence-corrected chi connectivity index (χ4v) is 2.79. The third-order valence-corrected chi connectivity index (χ3v) is 3.95. The summed E-state index contributed by atoms with van der Waals surface area (Å²) in [6, 6.07) is 0. The van der Waals surface area contributed by atoms with Gasteiger partial charge in [0.05, 0.1) is 11.1 Å². The number of thiazole rings is 1. The maximum atomic E-state index is 9.78. The minimum absolute atomic E-state index is 0.159. The van der Waals surface area contributed by atoms with Crippen LogP contribution in [-0.4, -0.2) is 34.2 Å².